The Morgan fingerprint density at radius 1 is 1.13 bits per heavy atom. The van der Waals surface area contributed by atoms with Crippen LogP contribution in [-0.2, 0) is 22.5 Å². The number of piperidine rings is 1. The first-order valence-electron chi connectivity index (χ1n) is 10.5. The molecule has 1 saturated heterocycles. The van der Waals surface area contributed by atoms with Gasteiger partial charge in [-0.25, -0.2) is 18.0 Å². The maximum Gasteiger partial charge on any atom is 0.410 e. The first kappa shape index (κ1) is 25.8. The van der Waals surface area contributed by atoms with Crippen LogP contribution in [0.1, 0.15) is 59.9 Å². The summed E-state index contributed by atoms with van der Waals surface area (Å²) in [5.41, 5.74) is -0.567. The van der Waals surface area contributed by atoms with Gasteiger partial charge in [0, 0.05) is 30.5 Å². The Hall–Kier alpha value is -1.45. The second-order valence-electron chi connectivity index (χ2n) is 9.97. The number of carbonyl (C=O) groups excluding carboxylic acids is 1. The van der Waals surface area contributed by atoms with Gasteiger partial charge in [-0.05, 0) is 78.4 Å². The van der Waals surface area contributed by atoms with E-state index in [0.29, 0.717) is 32.0 Å². The lowest BCUT2D eigenvalue weighted by atomic mass is 9.86. The molecule has 2 atom stereocenters. The van der Waals surface area contributed by atoms with Crippen LogP contribution in [0.3, 0.4) is 0 Å². The molecule has 1 aromatic carbocycles. The van der Waals surface area contributed by atoms with Gasteiger partial charge in [-0.1, -0.05) is 0 Å². The molecular weight excluding hydrogens is 429 g/mol. The number of nitrogens with one attached hydrogen (secondary N) is 1. The van der Waals surface area contributed by atoms with E-state index in [1.807, 2.05) is 20.8 Å². The molecule has 1 unspecified atom stereocenters. The minimum atomic E-state index is -1.44. The van der Waals surface area contributed by atoms with E-state index in [4.69, 9.17) is 4.74 Å². The Morgan fingerprint density at radius 2 is 1.68 bits per heavy atom. The Morgan fingerprint density at radius 3 is 2.19 bits per heavy atom. The van der Waals surface area contributed by atoms with Gasteiger partial charge >= 0.3 is 6.09 Å². The van der Waals surface area contributed by atoms with Crippen LogP contribution in [0.25, 0.3) is 0 Å². The third-order valence-electron chi connectivity index (χ3n) is 5.10. The number of benzene rings is 1. The van der Waals surface area contributed by atoms with E-state index < -0.39 is 45.2 Å². The third-order valence-corrected chi connectivity index (χ3v) is 6.73. The summed E-state index contributed by atoms with van der Waals surface area (Å²) < 4.78 is 62.0. The highest BCUT2D eigenvalue weighted by molar-refractivity contribution is 7.90. The maximum atomic E-state index is 14.3. The predicted octanol–water partition coefficient (Wildman–Crippen LogP) is 4.71. The summed E-state index contributed by atoms with van der Waals surface area (Å²) in [4.78, 5) is 13.9. The fraction of sp³-hybridized carbons (Fsp3) is 0.682. The summed E-state index contributed by atoms with van der Waals surface area (Å²) in [6, 6.07) is 0.961. The van der Waals surface area contributed by atoms with E-state index in [1.54, 1.807) is 25.7 Å². The number of hydrogen-bond donors (Lipinski definition) is 1. The zero-order valence-corrected chi connectivity index (χ0v) is 19.9. The first-order chi connectivity index (χ1) is 14.2. The summed E-state index contributed by atoms with van der Waals surface area (Å²) >= 11 is -1.44. The Bertz CT molecular complexity index is 772. The molecule has 31 heavy (non-hydrogen) atoms. The van der Waals surface area contributed by atoms with Crippen molar-refractivity contribution in [3.8, 4) is 0 Å². The van der Waals surface area contributed by atoms with E-state index in [1.165, 1.54) is 0 Å². The second-order valence-corrected chi connectivity index (χ2v) is 12.0. The maximum absolute atomic E-state index is 14.3. The quantitative estimate of drug-likeness (QED) is 0.508. The van der Waals surface area contributed by atoms with Crippen LogP contribution in [0.4, 0.5) is 18.0 Å². The molecule has 1 aliphatic heterocycles. The highest BCUT2D eigenvalue weighted by Gasteiger charge is 2.36. The third kappa shape index (κ3) is 7.57. The average Bonchev–Trinajstić information content (AvgIpc) is 2.63. The number of ether oxygens (including phenoxy) is 1. The fourth-order valence-electron chi connectivity index (χ4n) is 3.39. The van der Waals surface area contributed by atoms with Crippen molar-refractivity contribution in [1.82, 2.24) is 9.62 Å². The number of likely N-dealkylation sites (tertiary alicyclic amines) is 1. The lowest BCUT2D eigenvalue weighted by molar-refractivity contribution is 0.0172. The molecule has 0 bridgehead atoms. The van der Waals surface area contributed by atoms with Gasteiger partial charge in [-0.15, -0.1) is 4.72 Å². The van der Waals surface area contributed by atoms with E-state index >= 15 is 0 Å². The molecule has 5 nitrogen and oxygen atoms in total. The van der Waals surface area contributed by atoms with E-state index in [9.17, 15) is 22.5 Å². The van der Waals surface area contributed by atoms with E-state index in [2.05, 4.69) is 4.72 Å². The molecule has 1 fully saturated rings. The highest BCUT2D eigenvalue weighted by atomic mass is 32.2. The molecular formula is C22H33F3N2O3S. The van der Waals surface area contributed by atoms with Crippen molar-refractivity contribution < 1.29 is 27.3 Å². The lowest BCUT2D eigenvalue weighted by Crippen LogP contribution is -2.51. The predicted molar refractivity (Wildman–Crippen MR) is 115 cm³/mol. The van der Waals surface area contributed by atoms with Gasteiger partial charge in [0.05, 0.1) is 6.04 Å². The summed E-state index contributed by atoms with van der Waals surface area (Å²) in [5.74, 6) is -3.22. The lowest BCUT2D eigenvalue weighted by Gasteiger charge is -2.38. The van der Waals surface area contributed by atoms with Crippen molar-refractivity contribution in [2.45, 2.75) is 77.2 Å². The van der Waals surface area contributed by atoms with Gasteiger partial charge in [0.2, 0.25) is 0 Å². The molecule has 0 aromatic heterocycles. The number of halogens is 3. The van der Waals surface area contributed by atoms with E-state index in [-0.39, 0.29) is 24.0 Å². The number of hydrogen-bond acceptors (Lipinski definition) is 4. The van der Waals surface area contributed by atoms with Crippen LogP contribution in [0.5, 0.6) is 0 Å². The summed E-state index contributed by atoms with van der Waals surface area (Å²) in [7, 11) is 0. The van der Waals surface area contributed by atoms with Gasteiger partial charge in [0.25, 0.3) is 0 Å². The zero-order chi connectivity index (χ0) is 23.6. The zero-order valence-electron chi connectivity index (χ0n) is 19.1. The highest BCUT2D eigenvalue weighted by Crippen LogP contribution is 2.28. The van der Waals surface area contributed by atoms with Crippen molar-refractivity contribution in [3.63, 3.8) is 0 Å². The average molecular weight is 463 g/mol. The molecule has 1 aliphatic rings. The summed E-state index contributed by atoms with van der Waals surface area (Å²) in [6.45, 7) is 11.7. The number of rotatable bonds is 5. The van der Waals surface area contributed by atoms with Gasteiger partial charge in [-0.2, -0.15) is 0 Å². The Balaban J connectivity index is 2.15. The summed E-state index contributed by atoms with van der Waals surface area (Å²) in [6.07, 6.45) is 0.843. The second kappa shape index (κ2) is 10.0. The molecule has 0 radical (unpaired) electrons. The van der Waals surface area contributed by atoms with Crippen molar-refractivity contribution in [3.05, 3.63) is 35.1 Å². The topological polar surface area (TPSA) is 64.6 Å². The molecule has 1 amide bonds. The van der Waals surface area contributed by atoms with Crippen LogP contribution in [0.15, 0.2) is 12.1 Å². The molecule has 0 spiro atoms. The summed E-state index contributed by atoms with van der Waals surface area (Å²) in [5, 5.41) is 0. The van der Waals surface area contributed by atoms with Crippen LogP contribution in [0, 0.1) is 23.4 Å². The largest absolute Gasteiger partial charge is 0.598 e. The molecule has 9 heteroatoms. The van der Waals surface area contributed by atoms with Gasteiger partial charge in [-0.3, -0.25) is 0 Å². The standard InChI is InChI=1S/C22H33F3N2O3S/c1-21(2,3)30-20(28)27-9-7-14(8-10-27)19(26-31(29)22(4,5)6)12-15-11-17(24)18(25)13-16(15)23/h11,13-14,19,26H,7-10,12H2,1-6H3/t19-,31?/m1/s1. The molecule has 1 aromatic rings. The smallest absolute Gasteiger partial charge is 0.410 e. The minimum Gasteiger partial charge on any atom is -0.598 e. The van der Waals surface area contributed by atoms with Crippen LogP contribution in [0.2, 0.25) is 0 Å². The van der Waals surface area contributed by atoms with Gasteiger partial charge in [0.15, 0.2) is 11.6 Å². The van der Waals surface area contributed by atoms with Crippen molar-refractivity contribution in [2.75, 3.05) is 13.1 Å². The monoisotopic (exact) mass is 462 g/mol. The normalized spacial score (nSPS) is 18.1. The molecule has 0 aliphatic carbocycles. The molecule has 1 heterocycles. The number of amides is 1. The Labute approximate surface area is 186 Å². The van der Waals surface area contributed by atoms with Gasteiger partial charge in [0.1, 0.15) is 16.2 Å². The van der Waals surface area contributed by atoms with Gasteiger partial charge < -0.3 is 14.2 Å². The fourth-order valence-corrected chi connectivity index (χ4v) is 4.29. The number of nitrogens with zero attached hydrogens (tertiary/aromatic N) is 1. The SMILES string of the molecule is CC(C)(C)OC(=O)N1CCC([C@@H](Cc2cc(F)c(F)cc2F)N[S+]([O-])C(C)(C)C)CC1. The van der Waals surface area contributed by atoms with Crippen molar-refractivity contribution in [2.24, 2.45) is 5.92 Å². The van der Waals surface area contributed by atoms with Crippen LogP contribution >= 0.6 is 0 Å². The van der Waals surface area contributed by atoms with Crippen LogP contribution < -0.4 is 4.72 Å². The van der Waals surface area contributed by atoms with Crippen molar-refractivity contribution in [1.29, 1.82) is 0 Å². The molecule has 1 N–H and O–H groups in total. The van der Waals surface area contributed by atoms with Crippen LogP contribution in [-0.4, -0.2) is 45.0 Å². The molecule has 0 saturated carbocycles. The molecule has 2 rings (SSSR count). The van der Waals surface area contributed by atoms with Crippen molar-refractivity contribution >= 4 is 17.5 Å². The van der Waals surface area contributed by atoms with E-state index in [0.717, 1.165) is 6.07 Å². The molecule has 176 valence electrons. The Kier molecular flexibility index (Phi) is 8.33. The first-order valence-corrected chi connectivity index (χ1v) is 11.6. The number of carbonyl (C=O) groups is 1. The minimum absolute atomic E-state index is 0.0249.